The topological polar surface area (TPSA) is 120 Å². The van der Waals surface area contributed by atoms with E-state index in [0.29, 0.717) is 56.0 Å². The zero-order chi connectivity index (χ0) is 24.2. The van der Waals surface area contributed by atoms with E-state index in [-0.39, 0.29) is 11.1 Å². The Morgan fingerprint density at radius 3 is 1.88 bits per heavy atom. The van der Waals surface area contributed by atoms with Crippen LogP contribution in [0.5, 0.6) is 34.5 Å². The van der Waals surface area contributed by atoms with E-state index in [1.54, 1.807) is 25.3 Å². The van der Waals surface area contributed by atoms with Gasteiger partial charge in [0.05, 0.1) is 42.7 Å². The Hall–Kier alpha value is -3.93. The standard InChI is InChI=1S/C22H22N4O7S/c1-27-13-7-11(8-14(28-2)17(13)30-4)20-25-26-22(33-20)34-21-12-9-15(29-3)18(31-5)19(32-6)16(12)23-10-24-21/h7-10H,1-6H3. The van der Waals surface area contributed by atoms with E-state index >= 15 is 0 Å². The number of hydrogen-bond acceptors (Lipinski definition) is 12. The number of hydrogen-bond donors (Lipinski definition) is 0. The second kappa shape index (κ2) is 9.91. The van der Waals surface area contributed by atoms with Gasteiger partial charge in [0, 0.05) is 10.9 Å². The third-order valence-electron chi connectivity index (χ3n) is 4.90. The van der Waals surface area contributed by atoms with E-state index in [4.69, 9.17) is 32.8 Å². The minimum absolute atomic E-state index is 0.275. The van der Waals surface area contributed by atoms with Crippen molar-refractivity contribution in [2.24, 2.45) is 0 Å². The average molecular weight is 487 g/mol. The minimum atomic E-state index is 0.275. The van der Waals surface area contributed by atoms with Crippen LogP contribution in [0.2, 0.25) is 0 Å². The highest BCUT2D eigenvalue weighted by molar-refractivity contribution is 7.99. The predicted molar refractivity (Wildman–Crippen MR) is 123 cm³/mol. The molecule has 0 saturated carbocycles. The molecule has 11 nitrogen and oxygen atoms in total. The number of fused-ring (bicyclic) bond motifs is 1. The molecule has 0 aliphatic heterocycles. The quantitative estimate of drug-likeness (QED) is 0.319. The molecule has 2 aromatic heterocycles. The molecule has 0 N–H and O–H groups in total. The van der Waals surface area contributed by atoms with E-state index in [1.165, 1.54) is 53.6 Å². The lowest BCUT2D eigenvalue weighted by Crippen LogP contribution is -1.98. The van der Waals surface area contributed by atoms with E-state index in [9.17, 15) is 0 Å². The maximum atomic E-state index is 5.89. The maximum Gasteiger partial charge on any atom is 0.283 e. The summed E-state index contributed by atoms with van der Waals surface area (Å²) >= 11 is 1.18. The van der Waals surface area contributed by atoms with E-state index in [1.807, 2.05) is 0 Å². The van der Waals surface area contributed by atoms with Crippen molar-refractivity contribution >= 4 is 22.7 Å². The van der Waals surface area contributed by atoms with Crippen molar-refractivity contribution < 1.29 is 32.8 Å². The minimum Gasteiger partial charge on any atom is -0.493 e. The molecule has 2 aromatic carbocycles. The van der Waals surface area contributed by atoms with Gasteiger partial charge >= 0.3 is 0 Å². The lowest BCUT2D eigenvalue weighted by atomic mass is 10.2. The summed E-state index contributed by atoms with van der Waals surface area (Å²) in [5.41, 5.74) is 1.16. The largest absolute Gasteiger partial charge is 0.493 e. The highest BCUT2D eigenvalue weighted by Gasteiger charge is 2.22. The number of nitrogens with zero attached hydrogens (tertiary/aromatic N) is 4. The molecule has 4 aromatic rings. The van der Waals surface area contributed by atoms with Crippen molar-refractivity contribution in [1.82, 2.24) is 20.2 Å². The van der Waals surface area contributed by atoms with E-state index in [2.05, 4.69) is 20.2 Å². The van der Waals surface area contributed by atoms with Crippen molar-refractivity contribution in [3.05, 3.63) is 24.5 Å². The molecular weight excluding hydrogens is 464 g/mol. The van der Waals surface area contributed by atoms with E-state index < -0.39 is 0 Å². The van der Waals surface area contributed by atoms with Crippen molar-refractivity contribution in [3.8, 4) is 46.0 Å². The lowest BCUT2D eigenvalue weighted by Gasteiger charge is -2.14. The highest BCUT2D eigenvalue weighted by Crippen LogP contribution is 2.45. The van der Waals surface area contributed by atoms with Gasteiger partial charge in [-0.05, 0) is 30.0 Å². The summed E-state index contributed by atoms with van der Waals surface area (Å²) in [4.78, 5) is 8.74. The Kier molecular flexibility index (Phi) is 6.77. The normalized spacial score (nSPS) is 10.8. The summed E-state index contributed by atoms with van der Waals surface area (Å²) in [5.74, 6) is 3.04. The molecule has 0 saturated heterocycles. The zero-order valence-electron chi connectivity index (χ0n) is 19.4. The van der Waals surface area contributed by atoms with Crippen LogP contribution in [-0.2, 0) is 0 Å². The summed E-state index contributed by atoms with van der Waals surface area (Å²) in [7, 11) is 9.22. The molecule has 178 valence electrons. The molecule has 4 rings (SSSR count). The number of benzene rings is 2. The summed E-state index contributed by atoms with van der Waals surface area (Å²) in [6.07, 6.45) is 1.43. The van der Waals surface area contributed by atoms with Gasteiger partial charge in [0.1, 0.15) is 16.9 Å². The summed E-state index contributed by atoms with van der Waals surface area (Å²) in [5, 5.41) is 9.84. The van der Waals surface area contributed by atoms with Gasteiger partial charge in [0.2, 0.25) is 17.4 Å². The third kappa shape index (κ3) is 4.07. The predicted octanol–water partition coefficient (Wildman–Crippen LogP) is 3.88. The van der Waals surface area contributed by atoms with Gasteiger partial charge in [-0.1, -0.05) is 0 Å². The summed E-state index contributed by atoms with van der Waals surface area (Å²) in [6.45, 7) is 0. The Morgan fingerprint density at radius 1 is 0.676 bits per heavy atom. The average Bonchev–Trinajstić information content (AvgIpc) is 3.35. The molecule has 0 bridgehead atoms. The number of methoxy groups -OCH3 is 6. The van der Waals surface area contributed by atoms with Gasteiger partial charge in [0.15, 0.2) is 23.0 Å². The van der Waals surface area contributed by atoms with Crippen LogP contribution in [-0.4, -0.2) is 62.8 Å². The molecule has 0 radical (unpaired) electrons. The summed E-state index contributed by atoms with van der Waals surface area (Å²) < 4.78 is 38.5. The first-order valence-electron chi connectivity index (χ1n) is 9.83. The fourth-order valence-electron chi connectivity index (χ4n) is 3.38. The Balaban J connectivity index is 1.74. The van der Waals surface area contributed by atoms with Gasteiger partial charge in [-0.3, -0.25) is 0 Å². The second-order valence-electron chi connectivity index (χ2n) is 6.61. The fraction of sp³-hybridized carbons (Fsp3) is 0.273. The van der Waals surface area contributed by atoms with Crippen molar-refractivity contribution in [3.63, 3.8) is 0 Å². The molecule has 0 aliphatic rings. The van der Waals surface area contributed by atoms with Crippen LogP contribution >= 0.6 is 11.8 Å². The maximum absolute atomic E-state index is 5.89. The fourth-order valence-corrected chi connectivity index (χ4v) is 4.11. The van der Waals surface area contributed by atoms with Crippen LogP contribution in [0.4, 0.5) is 0 Å². The smallest absolute Gasteiger partial charge is 0.283 e. The molecule has 0 spiro atoms. The van der Waals surface area contributed by atoms with Crippen LogP contribution in [0.25, 0.3) is 22.4 Å². The molecule has 2 heterocycles. The number of aromatic nitrogens is 4. The van der Waals surface area contributed by atoms with Crippen molar-refractivity contribution in [2.75, 3.05) is 42.7 Å². The SMILES string of the molecule is COc1cc(-c2nnc(Sc3ncnc4c(OC)c(OC)c(OC)cc34)o2)cc(OC)c1OC. The first-order valence-corrected chi connectivity index (χ1v) is 10.7. The van der Waals surface area contributed by atoms with Crippen LogP contribution in [0, 0.1) is 0 Å². The van der Waals surface area contributed by atoms with Gasteiger partial charge < -0.3 is 32.8 Å². The molecule has 0 aliphatic carbocycles. The third-order valence-corrected chi connectivity index (χ3v) is 5.76. The first-order chi connectivity index (χ1) is 16.6. The van der Waals surface area contributed by atoms with Gasteiger partial charge in [-0.25, -0.2) is 9.97 Å². The Morgan fingerprint density at radius 2 is 1.29 bits per heavy atom. The van der Waals surface area contributed by atoms with Crippen LogP contribution in [0.1, 0.15) is 0 Å². The van der Waals surface area contributed by atoms with Crippen molar-refractivity contribution in [2.45, 2.75) is 10.2 Å². The molecular formula is C22H22N4O7S. The van der Waals surface area contributed by atoms with Gasteiger partial charge in [-0.2, -0.15) is 0 Å². The first kappa shape index (κ1) is 23.2. The van der Waals surface area contributed by atoms with Crippen LogP contribution in [0.15, 0.2) is 39.2 Å². The van der Waals surface area contributed by atoms with Crippen molar-refractivity contribution in [1.29, 1.82) is 0 Å². The molecule has 0 atom stereocenters. The lowest BCUT2D eigenvalue weighted by molar-refractivity contribution is 0.324. The molecule has 34 heavy (non-hydrogen) atoms. The van der Waals surface area contributed by atoms with Gasteiger partial charge in [0.25, 0.3) is 5.22 Å². The summed E-state index contributed by atoms with van der Waals surface area (Å²) in [6, 6.07) is 5.23. The molecule has 12 heteroatoms. The molecule has 0 amide bonds. The number of rotatable bonds is 9. The van der Waals surface area contributed by atoms with Crippen LogP contribution in [0.3, 0.4) is 0 Å². The highest BCUT2D eigenvalue weighted by atomic mass is 32.2. The number of ether oxygens (including phenoxy) is 6. The van der Waals surface area contributed by atoms with Crippen LogP contribution < -0.4 is 28.4 Å². The van der Waals surface area contributed by atoms with E-state index in [0.717, 1.165) is 0 Å². The zero-order valence-corrected chi connectivity index (χ0v) is 20.2. The van der Waals surface area contributed by atoms with Gasteiger partial charge in [-0.15, -0.1) is 10.2 Å². The monoisotopic (exact) mass is 486 g/mol. The molecule has 0 unspecified atom stereocenters. The Labute approximate surface area is 199 Å². The Bertz CT molecular complexity index is 1300. The molecule has 0 fully saturated rings. The second-order valence-corrected chi connectivity index (χ2v) is 7.55.